The van der Waals surface area contributed by atoms with Gasteiger partial charge in [-0.3, -0.25) is 0 Å². The second-order valence-electron chi connectivity index (χ2n) is 2.84. The van der Waals surface area contributed by atoms with Crippen molar-refractivity contribution in [2.24, 2.45) is 4.99 Å². The number of allylic oxidation sites excluding steroid dienone is 1. The van der Waals surface area contributed by atoms with Gasteiger partial charge in [-0.25, -0.2) is 4.99 Å². The van der Waals surface area contributed by atoms with E-state index in [-0.39, 0.29) is 0 Å². The van der Waals surface area contributed by atoms with Gasteiger partial charge in [0, 0.05) is 13.3 Å². The van der Waals surface area contributed by atoms with Crippen molar-refractivity contribution in [3.05, 3.63) is 23.9 Å². The van der Waals surface area contributed by atoms with Gasteiger partial charge in [0.25, 0.3) is 0 Å². The highest BCUT2D eigenvalue weighted by Crippen LogP contribution is 2.20. The molecule has 1 rings (SSSR count). The van der Waals surface area contributed by atoms with Gasteiger partial charge in [-0.05, 0) is 13.8 Å². The van der Waals surface area contributed by atoms with Crippen LogP contribution in [-0.4, -0.2) is 23.9 Å². The zero-order valence-electron chi connectivity index (χ0n) is 8.18. The Hall–Kier alpha value is -1.58. The maximum Gasteiger partial charge on any atom is 0.159 e. The molecule has 1 aliphatic rings. The summed E-state index contributed by atoms with van der Waals surface area (Å²) < 4.78 is 0. The fraction of sp³-hybridized carbons (Fsp3) is 0.333. The average Bonchev–Trinajstić information content (AvgIpc) is 2.33. The van der Waals surface area contributed by atoms with Gasteiger partial charge in [-0.2, -0.15) is 0 Å². The summed E-state index contributed by atoms with van der Waals surface area (Å²) in [6.07, 6.45) is 1.70. The zero-order valence-corrected chi connectivity index (χ0v) is 8.18. The Labute approximate surface area is 78.2 Å². The lowest BCUT2D eigenvalue weighted by atomic mass is 10.3. The highest BCUT2D eigenvalue weighted by Gasteiger charge is 2.22. The summed E-state index contributed by atoms with van der Waals surface area (Å²) in [4.78, 5) is 6.00. The summed E-state index contributed by atoms with van der Waals surface area (Å²) in [5, 5.41) is 10.5. The van der Waals surface area contributed by atoms with Crippen LogP contribution in [0.2, 0.25) is 0 Å². The Morgan fingerprint density at radius 1 is 1.69 bits per heavy atom. The van der Waals surface area contributed by atoms with Crippen LogP contribution in [-0.2, 0) is 0 Å². The molecule has 0 saturated heterocycles. The molecule has 0 unspecified atom stereocenters. The Morgan fingerprint density at radius 2 is 2.31 bits per heavy atom. The number of rotatable bonds is 2. The van der Waals surface area contributed by atoms with E-state index in [9.17, 15) is 0 Å². The van der Waals surface area contributed by atoms with Crippen molar-refractivity contribution >= 4 is 11.9 Å². The minimum Gasteiger partial charge on any atom is -0.338 e. The van der Waals surface area contributed by atoms with Gasteiger partial charge in [0.15, 0.2) is 5.82 Å². The lowest BCUT2D eigenvalue weighted by molar-refractivity contribution is 0.526. The Bertz CT molecular complexity index is 312. The van der Waals surface area contributed by atoms with Crippen molar-refractivity contribution in [3.63, 3.8) is 0 Å². The van der Waals surface area contributed by atoms with E-state index in [1.807, 2.05) is 18.9 Å². The summed E-state index contributed by atoms with van der Waals surface area (Å²) in [6, 6.07) is 0. The van der Waals surface area contributed by atoms with E-state index in [1.54, 1.807) is 13.1 Å². The summed E-state index contributed by atoms with van der Waals surface area (Å²) >= 11 is 0. The van der Waals surface area contributed by atoms with Gasteiger partial charge in [0.05, 0.1) is 5.71 Å². The first-order valence-corrected chi connectivity index (χ1v) is 4.06. The topological polar surface area (TPSA) is 51.5 Å². The van der Waals surface area contributed by atoms with E-state index in [0.29, 0.717) is 5.71 Å². The monoisotopic (exact) mass is 178 g/mol. The standard InChI is InChI=1S/C9H14N4/c1-5-11-9-8(6(2)10)12-7(3)13(9)4/h5,10,12H,3H2,1-2,4H3. The summed E-state index contributed by atoms with van der Waals surface area (Å²) in [5.41, 5.74) is 1.19. The second kappa shape index (κ2) is 3.43. The van der Waals surface area contributed by atoms with Crippen LogP contribution in [0.3, 0.4) is 0 Å². The fourth-order valence-corrected chi connectivity index (χ4v) is 1.11. The van der Waals surface area contributed by atoms with Gasteiger partial charge in [-0.15, -0.1) is 0 Å². The first kappa shape index (κ1) is 9.51. The van der Waals surface area contributed by atoms with E-state index in [0.717, 1.165) is 17.3 Å². The van der Waals surface area contributed by atoms with E-state index < -0.39 is 0 Å². The average molecular weight is 178 g/mol. The SMILES string of the molecule is C=C1NC(C(C)=N)=C(N=CC)N1C. The minimum atomic E-state index is 0.464. The normalized spacial score (nSPS) is 17.2. The van der Waals surface area contributed by atoms with Gasteiger partial charge >= 0.3 is 0 Å². The molecule has 0 aromatic heterocycles. The molecule has 0 aromatic carbocycles. The molecular weight excluding hydrogens is 164 g/mol. The number of hydrogen-bond acceptors (Lipinski definition) is 4. The number of hydrogen-bond donors (Lipinski definition) is 2. The maximum absolute atomic E-state index is 7.52. The quantitative estimate of drug-likeness (QED) is 0.626. The third kappa shape index (κ3) is 1.61. The van der Waals surface area contributed by atoms with Crippen molar-refractivity contribution in [3.8, 4) is 0 Å². The van der Waals surface area contributed by atoms with Crippen molar-refractivity contribution < 1.29 is 0 Å². The molecule has 0 amide bonds. The Kier molecular flexibility index (Phi) is 2.51. The molecule has 0 aromatic rings. The summed E-state index contributed by atoms with van der Waals surface area (Å²) in [6.45, 7) is 7.37. The van der Waals surface area contributed by atoms with Gasteiger partial charge in [0.1, 0.15) is 11.5 Å². The lowest BCUT2D eigenvalue weighted by Gasteiger charge is -2.11. The number of nitrogens with one attached hydrogen (secondary N) is 2. The molecule has 70 valence electrons. The van der Waals surface area contributed by atoms with E-state index >= 15 is 0 Å². The molecule has 0 bridgehead atoms. The molecule has 13 heavy (non-hydrogen) atoms. The third-order valence-corrected chi connectivity index (χ3v) is 1.84. The van der Waals surface area contributed by atoms with E-state index in [2.05, 4.69) is 16.9 Å². The van der Waals surface area contributed by atoms with Crippen LogP contribution in [0, 0.1) is 5.41 Å². The highest BCUT2D eigenvalue weighted by atomic mass is 15.3. The third-order valence-electron chi connectivity index (χ3n) is 1.84. The zero-order chi connectivity index (χ0) is 10.0. The molecule has 0 fully saturated rings. The largest absolute Gasteiger partial charge is 0.338 e. The molecule has 0 spiro atoms. The smallest absolute Gasteiger partial charge is 0.159 e. The van der Waals surface area contributed by atoms with Crippen LogP contribution in [0.25, 0.3) is 0 Å². The summed E-state index contributed by atoms with van der Waals surface area (Å²) in [7, 11) is 1.87. The van der Waals surface area contributed by atoms with Crippen LogP contribution in [0.5, 0.6) is 0 Å². The van der Waals surface area contributed by atoms with Crippen LogP contribution in [0.15, 0.2) is 28.9 Å². The number of nitrogens with zero attached hydrogens (tertiary/aromatic N) is 2. The maximum atomic E-state index is 7.52. The Morgan fingerprint density at radius 3 is 2.77 bits per heavy atom. The van der Waals surface area contributed by atoms with Crippen molar-refractivity contribution in [2.45, 2.75) is 13.8 Å². The molecule has 0 radical (unpaired) electrons. The molecule has 0 atom stereocenters. The van der Waals surface area contributed by atoms with Crippen molar-refractivity contribution in [1.29, 1.82) is 5.41 Å². The van der Waals surface area contributed by atoms with Crippen molar-refractivity contribution in [1.82, 2.24) is 10.2 Å². The Balaban J connectivity index is 3.10. The lowest BCUT2D eigenvalue weighted by Crippen LogP contribution is -2.15. The summed E-state index contributed by atoms with van der Waals surface area (Å²) in [5.74, 6) is 1.50. The minimum absolute atomic E-state index is 0.464. The highest BCUT2D eigenvalue weighted by molar-refractivity contribution is 5.96. The molecular formula is C9H14N4. The molecule has 4 nitrogen and oxygen atoms in total. The van der Waals surface area contributed by atoms with Crippen LogP contribution >= 0.6 is 0 Å². The first-order valence-electron chi connectivity index (χ1n) is 4.06. The molecule has 1 aliphatic heterocycles. The molecule has 1 heterocycles. The van der Waals surface area contributed by atoms with Gasteiger partial charge in [0.2, 0.25) is 0 Å². The van der Waals surface area contributed by atoms with Gasteiger partial charge in [-0.1, -0.05) is 6.58 Å². The fourth-order valence-electron chi connectivity index (χ4n) is 1.11. The molecule has 4 heteroatoms. The van der Waals surface area contributed by atoms with Crippen LogP contribution < -0.4 is 5.32 Å². The van der Waals surface area contributed by atoms with Crippen LogP contribution in [0.4, 0.5) is 0 Å². The van der Waals surface area contributed by atoms with Gasteiger partial charge < -0.3 is 15.6 Å². The predicted molar refractivity (Wildman–Crippen MR) is 54.6 cm³/mol. The van der Waals surface area contributed by atoms with Crippen LogP contribution in [0.1, 0.15) is 13.8 Å². The molecule has 0 saturated carbocycles. The second-order valence-corrected chi connectivity index (χ2v) is 2.84. The predicted octanol–water partition coefficient (Wildman–Crippen LogP) is 1.29. The van der Waals surface area contributed by atoms with E-state index in [1.165, 1.54) is 0 Å². The molecule has 2 N–H and O–H groups in total. The van der Waals surface area contributed by atoms with Crippen molar-refractivity contribution in [2.75, 3.05) is 7.05 Å². The van der Waals surface area contributed by atoms with E-state index in [4.69, 9.17) is 5.41 Å². The first-order chi connectivity index (χ1) is 6.07. The number of aliphatic imine (C=N–C) groups is 1. The molecule has 0 aliphatic carbocycles.